The Morgan fingerprint density at radius 1 is 0.867 bits per heavy atom. The number of halogens is 1. The van der Waals surface area contributed by atoms with E-state index in [2.05, 4.69) is 10.4 Å². The molecule has 3 aromatic carbocycles. The molecule has 0 spiro atoms. The Morgan fingerprint density at radius 2 is 1.53 bits per heavy atom. The first-order valence-corrected chi connectivity index (χ1v) is 9.64. The number of benzene rings is 3. The van der Waals surface area contributed by atoms with Crippen LogP contribution in [0.3, 0.4) is 0 Å². The zero-order valence-corrected chi connectivity index (χ0v) is 16.2. The van der Waals surface area contributed by atoms with Gasteiger partial charge in [-0.25, -0.2) is 9.07 Å². The average molecular weight is 401 g/mol. The maximum Gasteiger partial charge on any atom is 0.275 e. The van der Waals surface area contributed by atoms with Crippen LogP contribution < -0.4 is 10.9 Å². The van der Waals surface area contributed by atoms with Gasteiger partial charge in [-0.2, -0.15) is 5.10 Å². The lowest BCUT2D eigenvalue weighted by Crippen LogP contribution is -2.34. The van der Waals surface area contributed by atoms with Crippen molar-refractivity contribution in [3.63, 3.8) is 0 Å². The van der Waals surface area contributed by atoms with Gasteiger partial charge in [0.05, 0.1) is 11.1 Å². The Kier molecular flexibility index (Phi) is 5.66. The molecular formula is C24H20FN3O2. The second kappa shape index (κ2) is 8.69. The fraction of sp³-hybridized carbons (Fsp3) is 0.125. The molecule has 0 unspecified atom stereocenters. The fourth-order valence-electron chi connectivity index (χ4n) is 3.33. The monoisotopic (exact) mass is 401 g/mol. The SMILES string of the molecule is O=C(Cn1nc(Cc2ccc(F)cc2)c2ccccc2c1=O)NCc1ccccc1. The third-order valence-electron chi connectivity index (χ3n) is 4.85. The van der Waals surface area contributed by atoms with E-state index in [-0.39, 0.29) is 23.8 Å². The Labute approximate surface area is 172 Å². The molecular weight excluding hydrogens is 381 g/mol. The maximum absolute atomic E-state index is 13.2. The zero-order valence-electron chi connectivity index (χ0n) is 16.2. The van der Waals surface area contributed by atoms with E-state index in [1.165, 1.54) is 16.8 Å². The highest BCUT2D eigenvalue weighted by molar-refractivity contribution is 5.84. The van der Waals surface area contributed by atoms with Crippen LogP contribution in [0.4, 0.5) is 4.39 Å². The van der Waals surface area contributed by atoms with Crippen LogP contribution in [0.2, 0.25) is 0 Å². The number of amides is 1. The molecule has 4 aromatic rings. The molecule has 0 atom stereocenters. The average Bonchev–Trinajstić information content (AvgIpc) is 2.78. The van der Waals surface area contributed by atoms with Crippen LogP contribution in [0.25, 0.3) is 10.8 Å². The molecule has 150 valence electrons. The smallest absolute Gasteiger partial charge is 0.275 e. The molecule has 0 aliphatic rings. The van der Waals surface area contributed by atoms with Crippen molar-refractivity contribution in [2.45, 2.75) is 19.5 Å². The van der Waals surface area contributed by atoms with Crippen LogP contribution in [0.5, 0.6) is 0 Å². The molecule has 0 radical (unpaired) electrons. The second-order valence-corrected chi connectivity index (χ2v) is 7.02. The Bertz CT molecular complexity index is 1240. The molecule has 0 aliphatic carbocycles. The van der Waals surface area contributed by atoms with Gasteiger partial charge in [-0.05, 0) is 29.3 Å². The first-order valence-electron chi connectivity index (χ1n) is 9.64. The molecule has 1 heterocycles. The molecule has 6 heteroatoms. The van der Waals surface area contributed by atoms with Crippen LogP contribution in [0.15, 0.2) is 83.7 Å². The van der Waals surface area contributed by atoms with Crippen LogP contribution in [0, 0.1) is 5.82 Å². The van der Waals surface area contributed by atoms with E-state index in [0.29, 0.717) is 24.0 Å². The van der Waals surface area contributed by atoms with Crippen LogP contribution in [-0.2, 0) is 24.3 Å². The summed E-state index contributed by atoms with van der Waals surface area (Å²) in [6.07, 6.45) is 0.423. The standard InChI is InChI=1S/C24H20FN3O2/c25-19-12-10-17(11-13-19)14-22-20-8-4-5-9-21(20)24(30)28(27-22)16-23(29)26-15-18-6-2-1-3-7-18/h1-13H,14-16H2,(H,26,29). The molecule has 0 fully saturated rings. The molecule has 1 N–H and O–H groups in total. The minimum Gasteiger partial charge on any atom is -0.350 e. The summed E-state index contributed by atoms with van der Waals surface area (Å²) in [6.45, 7) is 0.206. The first-order chi connectivity index (χ1) is 14.6. The largest absolute Gasteiger partial charge is 0.350 e. The molecule has 4 rings (SSSR count). The highest BCUT2D eigenvalue weighted by Gasteiger charge is 2.13. The summed E-state index contributed by atoms with van der Waals surface area (Å²) in [5, 5.41) is 8.51. The van der Waals surface area contributed by atoms with E-state index < -0.39 is 0 Å². The van der Waals surface area contributed by atoms with E-state index in [1.54, 1.807) is 24.3 Å². The second-order valence-electron chi connectivity index (χ2n) is 7.02. The lowest BCUT2D eigenvalue weighted by atomic mass is 10.0. The number of aromatic nitrogens is 2. The zero-order chi connectivity index (χ0) is 20.9. The maximum atomic E-state index is 13.2. The van der Waals surface area contributed by atoms with Crippen molar-refractivity contribution in [1.29, 1.82) is 0 Å². The number of carbonyl (C=O) groups is 1. The third kappa shape index (κ3) is 4.43. The van der Waals surface area contributed by atoms with E-state index in [0.717, 1.165) is 16.5 Å². The van der Waals surface area contributed by atoms with Crippen molar-refractivity contribution in [3.8, 4) is 0 Å². The number of hydrogen-bond acceptors (Lipinski definition) is 3. The van der Waals surface area contributed by atoms with Gasteiger partial charge in [0.1, 0.15) is 12.4 Å². The van der Waals surface area contributed by atoms with Crippen LogP contribution >= 0.6 is 0 Å². The summed E-state index contributed by atoms with van der Waals surface area (Å²) in [5.74, 6) is -0.604. The van der Waals surface area contributed by atoms with Gasteiger partial charge in [0.25, 0.3) is 5.56 Å². The Morgan fingerprint density at radius 3 is 2.27 bits per heavy atom. The first kappa shape index (κ1) is 19.5. The quantitative estimate of drug-likeness (QED) is 0.538. The summed E-state index contributed by atoms with van der Waals surface area (Å²) in [7, 11) is 0. The van der Waals surface area contributed by atoms with E-state index in [1.807, 2.05) is 42.5 Å². The third-order valence-corrected chi connectivity index (χ3v) is 4.85. The highest BCUT2D eigenvalue weighted by atomic mass is 19.1. The summed E-state index contributed by atoms with van der Waals surface area (Å²) >= 11 is 0. The van der Waals surface area contributed by atoms with Gasteiger partial charge in [-0.1, -0.05) is 60.7 Å². The summed E-state index contributed by atoms with van der Waals surface area (Å²) < 4.78 is 14.4. The van der Waals surface area contributed by atoms with Gasteiger partial charge in [0.15, 0.2) is 0 Å². The van der Waals surface area contributed by atoms with Gasteiger partial charge in [-0.15, -0.1) is 0 Å². The van der Waals surface area contributed by atoms with Crippen LogP contribution in [-0.4, -0.2) is 15.7 Å². The summed E-state index contributed by atoms with van der Waals surface area (Å²) in [4.78, 5) is 25.3. The lowest BCUT2D eigenvalue weighted by Gasteiger charge is -2.12. The van der Waals surface area contributed by atoms with Crippen molar-refractivity contribution in [2.24, 2.45) is 0 Å². The summed E-state index contributed by atoms with van der Waals surface area (Å²) in [5.41, 5.74) is 2.19. The minimum atomic E-state index is -0.316. The van der Waals surface area contributed by atoms with E-state index in [9.17, 15) is 14.0 Å². The number of rotatable bonds is 6. The summed E-state index contributed by atoms with van der Waals surface area (Å²) in [6, 6.07) is 22.9. The minimum absolute atomic E-state index is 0.174. The Hall–Kier alpha value is -3.80. The predicted octanol–water partition coefficient (Wildman–Crippen LogP) is 3.44. The van der Waals surface area contributed by atoms with Crippen molar-refractivity contribution in [3.05, 3.63) is 112 Å². The molecule has 1 aromatic heterocycles. The molecule has 1 amide bonds. The number of nitrogens with zero attached hydrogens (tertiary/aromatic N) is 2. The number of nitrogens with one attached hydrogen (secondary N) is 1. The topological polar surface area (TPSA) is 64.0 Å². The van der Waals surface area contributed by atoms with Gasteiger partial charge >= 0.3 is 0 Å². The van der Waals surface area contributed by atoms with Crippen molar-refractivity contribution in [1.82, 2.24) is 15.1 Å². The van der Waals surface area contributed by atoms with Gasteiger partial charge in [0, 0.05) is 18.4 Å². The molecule has 0 aliphatic heterocycles. The Balaban J connectivity index is 1.61. The van der Waals surface area contributed by atoms with Crippen molar-refractivity contribution < 1.29 is 9.18 Å². The fourth-order valence-corrected chi connectivity index (χ4v) is 3.33. The molecule has 0 saturated carbocycles. The van der Waals surface area contributed by atoms with E-state index in [4.69, 9.17) is 0 Å². The number of hydrogen-bond donors (Lipinski definition) is 1. The lowest BCUT2D eigenvalue weighted by molar-refractivity contribution is -0.122. The van der Waals surface area contributed by atoms with E-state index >= 15 is 0 Å². The molecule has 0 bridgehead atoms. The van der Waals surface area contributed by atoms with Crippen molar-refractivity contribution >= 4 is 16.7 Å². The van der Waals surface area contributed by atoms with Crippen LogP contribution in [0.1, 0.15) is 16.8 Å². The van der Waals surface area contributed by atoms with Gasteiger partial charge in [-0.3, -0.25) is 9.59 Å². The van der Waals surface area contributed by atoms with Gasteiger partial charge < -0.3 is 5.32 Å². The van der Waals surface area contributed by atoms with Gasteiger partial charge in [0.2, 0.25) is 5.91 Å². The van der Waals surface area contributed by atoms with Crippen molar-refractivity contribution in [2.75, 3.05) is 0 Å². The molecule has 5 nitrogen and oxygen atoms in total. The number of carbonyl (C=O) groups excluding carboxylic acids is 1. The predicted molar refractivity (Wildman–Crippen MR) is 113 cm³/mol. The molecule has 30 heavy (non-hydrogen) atoms. The normalized spacial score (nSPS) is 10.8. The highest BCUT2D eigenvalue weighted by Crippen LogP contribution is 2.17. The number of fused-ring (bicyclic) bond motifs is 1. The molecule has 0 saturated heterocycles.